The molecule has 1 nitrogen and oxygen atoms in total. The Bertz CT molecular complexity index is 311. The fraction of sp³-hybridized carbons (Fsp3) is 0.231. The summed E-state index contributed by atoms with van der Waals surface area (Å²) in [5.41, 5.74) is 2.17. The zero-order chi connectivity index (χ0) is 11.0. The van der Waals surface area contributed by atoms with Crippen LogP contribution in [0.3, 0.4) is 0 Å². The molecule has 1 N–H and O–H groups in total. The molecule has 1 rings (SSSR count). The molecular formula is C13H18O. The Hall–Kier alpha value is -1.50. The van der Waals surface area contributed by atoms with Crippen molar-refractivity contribution in [2.24, 2.45) is 0 Å². The molecule has 0 fully saturated rings. The third-order valence-electron chi connectivity index (χ3n) is 1.67. The van der Waals surface area contributed by atoms with Crippen molar-refractivity contribution in [3.8, 4) is 5.75 Å². The Balaban J connectivity index is 0.000000791. The number of benzene rings is 1. The highest BCUT2D eigenvalue weighted by molar-refractivity contribution is 5.56. The van der Waals surface area contributed by atoms with Gasteiger partial charge in [0.1, 0.15) is 5.75 Å². The molecule has 0 heterocycles. The summed E-state index contributed by atoms with van der Waals surface area (Å²) in [6, 6.07) is 5.29. The second-order valence-corrected chi connectivity index (χ2v) is 2.64. The molecular weight excluding hydrogens is 172 g/mol. The third-order valence-corrected chi connectivity index (χ3v) is 1.67. The van der Waals surface area contributed by atoms with Crippen molar-refractivity contribution in [3.63, 3.8) is 0 Å². The van der Waals surface area contributed by atoms with Crippen LogP contribution in [-0.4, -0.2) is 5.11 Å². The third kappa shape index (κ3) is 3.94. The van der Waals surface area contributed by atoms with Crippen LogP contribution in [0.25, 0.3) is 6.08 Å². The number of phenols is 1. The highest BCUT2D eigenvalue weighted by Gasteiger charge is 1.93. The SMILES string of the molecule is C=C/C=C\c1ccc(O)cc1C.CC. The number of aromatic hydroxyl groups is 1. The molecule has 1 aromatic carbocycles. The van der Waals surface area contributed by atoms with Gasteiger partial charge in [-0.05, 0) is 30.2 Å². The average Bonchev–Trinajstić information content (AvgIpc) is 2.20. The van der Waals surface area contributed by atoms with Crippen LogP contribution in [0.1, 0.15) is 25.0 Å². The molecule has 0 amide bonds. The summed E-state index contributed by atoms with van der Waals surface area (Å²) in [5, 5.41) is 9.12. The van der Waals surface area contributed by atoms with E-state index in [-0.39, 0.29) is 0 Å². The molecule has 0 saturated carbocycles. The van der Waals surface area contributed by atoms with E-state index in [0.29, 0.717) is 5.75 Å². The summed E-state index contributed by atoms with van der Waals surface area (Å²) in [4.78, 5) is 0. The predicted molar refractivity (Wildman–Crippen MR) is 63.4 cm³/mol. The van der Waals surface area contributed by atoms with Crippen molar-refractivity contribution in [2.75, 3.05) is 0 Å². The van der Waals surface area contributed by atoms with E-state index in [1.165, 1.54) is 0 Å². The van der Waals surface area contributed by atoms with Crippen molar-refractivity contribution in [2.45, 2.75) is 20.8 Å². The van der Waals surface area contributed by atoms with Crippen molar-refractivity contribution in [1.29, 1.82) is 0 Å². The lowest BCUT2D eigenvalue weighted by Gasteiger charge is -1.99. The smallest absolute Gasteiger partial charge is 0.115 e. The molecule has 0 atom stereocenters. The highest BCUT2D eigenvalue weighted by atomic mass is 16.3. The van der Waals surface area contributed by atoms with Crippen LogP contribution in [0.2, 0.25) is 0 Å². The molecule has 0 aromatic heterocycles. The van der Waals surface area contributed by atoms with Crippen LogP contribution in [-0.2, 0) is 0 Å². The minimum Gasteiger partial charge on any atom is -0.508 e. The first-order valence-corrected chi connectivity index (χ1v) is 4.83. The van der Waals surface area contributed by atoms with Gasteiger partial charge in [0.05, 0.1) is 0 Å². The van der Waals surface area contributed by atoms with Crippen LogP contribution >= 0.6 is 0 Å². The van der Waals surface area contributed by atoms with Gasteiger partial charge < -0.3 is 5.11 Å². The molecule has 0 bridgehead atoms. The van der Waals surface area contributed by atoms with Gasteiger partial charge in [-0.3, -0.25) is 0 Å². The van der Waals surface area contributed by atoms with Gasteiger partial charge in [0, 0.05) is 0 Å². The van der Waals surface area contributed by atoms with Gasteiger partial charge in [0.15, 0.2) is 0 Å². The molecule has 0 aliphatic rings. The number of hydrogen-bond acceptors (Lipinski definition) is 1. The van der Waals surface area contributed by atoms with E-state index in [1.54, 1.807) is 18.2 Å². The summed E-state index contributed by atoms with van der Waals surface area (Å²) in [6.07, 6.45) is 5.56. The molecule has 0 unspecified atom stereocenters. The summed E-state index contributed by atoms with van der Waals surface area (Å²) in [6.45, 7) is 9.55. The van der Waals surface area contributed by atoms with Crippen molar-refractivity contribution in [1.82, 2.24) is 0 Å². The maximum absolute atomic E-state index is 9.12. The van der Waals surface area contributed by atoms with E-state index in [9.17, 15) is 0 Å². The van der Waals surface area contributed by atoms with Gasteiger partial charge in [0.2, 0.25) is 0 Å². The Kier molecular flexibility index (Phi) is 6.21. The first kappa shape index (κ1) is 12.5. The van der Waals surface area contributed by atoms with Gasteiger partial charge in [-0.2, -0.15) is 0 Å². The van der Waals surface area contributed by atoms with Crippen molar-refractivity contribution in [3.05, 3.63) is 48.1 Å². The molecule has 0 aliphatic carbocycles. The lowest BCUT2D eigenvalue weighted by Crippen LogP contribution is -1.78. The summed E-state index contributed by atoms with van der Waals surface area (Å²) >= 11 is 0. The van der Waals surface area contributed by atoms with Crippen molar-refractivity contribution < 1.29 is 5.11 Å². The van der Waals surface area contributed by atoms with Crippen LogP contribution in [0.15, 0.2) is 36.9 Å². The normalized spacial score (nSPS) is 9.36. The fourth-order valence-corrected chi connectivity index (χ4v) is 1.02. The van der Waals surface area contributed by atoms with Crippen molar-refractivity contribution >= 4 is 6.08 Å². The molecule has 0 radical (unpaired) electrons. The average molecular weight is 190 g/mol. The Morgan fingerprint density at radius 1 is 1.29 bits per heavy atom. The molecule has 14 heavy (non-hydrogen) atoms. The van der Waals surface area contributed by atoms with E-state index in [2.05, 4.69) is 6.58 Å². The van der Waals surface area contributed by atoms with Gasteiger partial charge in [0.25, 0.3) is 0 Å². The topological polar surface area (TPSA) is 20.2 Å². The van der Waals surface area contributed by atoms with E-state index in [4.69, 9.17) is 5.11 Å². The maximum Gasteiger partial charge on any atom is 0.115 e. The van der Waals surface area contributed by atoms with Gasteiger partial charge in [-0.25, -0.2) is 0 Å². The summed E-state index contributed by atoms with van der Waals surface area (Å²) in [5.74, 6) is 0.309. The molecule has 1 aromatic rings. The van der Waals surface area contributed by atoms with E-state index < -0.39 is 0 Å². The molecule has 76 valence electrons. The van der Waals surface area contributed by atoms with Crippen LogP contribution in [0.5, 0.6) is 5.75 Å². The second-order valence-electron chi connectivity index (χ2n) is 2.64. The second kappa shape index (κ2) is 6.96. The van der Waals surface area contributed by atoms with Gasteiger partial charge >= 0.3 is 0 Å². The minimum absolute atomic E-state index is 0.309. The molecule has 0 spiro atoms. The number of aryl methyl sites for hydroxylation is 1. The Morgan fingerprint density at radius 2 is 1.93 bits per heavy atom. The number of allylic oxidation sites excluding steroid dienone is 2. The monoisotopic (exact) mass is 190 g/mol. The van der Waals surface area contributed by atoms with E-state index in [1.807, 2.05) is 39.0 Å². The van der Waals surface area contributed by atoms with E-state index in [0.717, 1.165) is 11.1 Å². The van der Waals surface area contributed by atoms with Gasteiger partial charge in [-0.1, -0.05) is 44.7 Å². The standard InChI is InChI=1S/C11H12O.C2H6/c1-3-4-5-10-6-7-11(12)8-9(10)2;1-2/h3-8,12H,1H2,2H3;1-2H3/b5-4-;. The number of phenolic OH excluding ortho intramolecular Hbond substituents is 1. The zero-order valence-corrected chi connectivity index (χ0v) is 9.12. The quantitative estimate of drug-likeness (QED) is 0.701. The Morgan fingerprint density at radius 3 is 2.43 bits per heavy atom. The number of rotatable bonds is 2. The van der Waals surface area contributed by atoms with Gasteiger partial charge in [-0.15, -0.1) is 0 Å². The zero-order valence-electron chi connectivity index (χ0n) is 9.12. The molecule has 0 aliphatic heterocycles. The summed E-state index contributed by atoms with van der Waals surface area (Å²) < 4.78 is 0. The predicted octanol–water partition coefficient (Wildman–Crippen LogP) is 3.93. The fourth-order valence-electron chi connectivity index (χ4n) is 1.02. The Labute approximate surface area is 86.4 Å². The first-order chi connectivity index (χ1) is 6.74. The lowest BCUT2D eigenvalue weighted by atomic mass is 10.1. The van der Waals surface area contributed by atoms with Crippen LogP contribution in [0, 0.1) is 6.92 Å². The lowest BCUT2D eigenvalue weighted by molar-refractivity contribution is 0.475. The number of hydrogen-bond donors (Lipinski definition) is 1. The van der Waals surface area contributed by atoms with Crippen LogP contribution < -0.4 is 0 Å². The molecule has 0 saturated heterocycles. The highest BCUT2D eigenvalue weighted by Crippen LogP contribution is 2.16. The largest absolute Gasteiger partial charge is 0.508 e. The minimum atomic E-state index is 0.309. The molecule has 1 heteroatoms. The van der Waals surface area contributed by atoms with Crippen LogP contribution in [0.4, 0.5) is 0 Å². The van der Waals surface area contributed by atoms with E-state index >= 15 is 0 Å². The maximum atomic E-state index is 9.12. The summed E-state index contributed by atoms with van der Waals surface area (Å²) in [7, 11) is 0. The first-order valence-electron chi connectivity index (χ1n) is 4.83.